The van der Waals surface area contributed by atoms with Gasteiger partial charge in [0.15, 0.2) is 0 Å². The van der Waals surface area contributed by atoms with Crippen LogP contribution in [0.25, 0.3) is 0 Å². The van der Waals surface area contributed by atoms with Gasteiger partial charge in [-0.15, -0.1) is 0 Å². The molecule has 1 aliphatic carbocycles. The fourth-order valence-electron chi connectivity index (χ4n) is 5.48. The van der Waals surface area contributed by atoms with Gasteiger partial charge in [0.1, 0.15) is 17.5 Å². The third-order valence-corrected chi connectivity index (χ3v) is 7.82. The van der Waals surface area contributed by atoms with E-state index in [1.165, 1.54) is 12.8 Å². The van der Waals surface area contributed by atoms with Gasteiger partial charge >= 0.3 is 11.9 Å². The Morgan fingerprint density at radius 1 is 0.974 bits per heavy atom. The molecule has 2 atom stereocenters. The quantitative estimate of drug-likeness (QED) is 0.248. The lowest BCUT2D eigenvalue weighted by Crippen LogP contribution is -2.73. The molecule has 10 heteroatoms. The van der Waals surface area contributed by atoms with Crippen molar-refractivity contribution in [3.8, 4) is 0 Å². The van der Waals surface area contributed by atoms with Crippen LogP contribution < -0.4 is 0 Å². The van der Waals surface area contributed by atoms with E-state index < -0.39 is 17.4 Å². The van der Waals surface area contributed by atoms with Gasteiger partial charge in [0.2, 0.25) is 0 Å². The minimum absolute atomic E-state index is 0.00810. The summed E-state index contributed by atoms with van der Waals surface area (Å²) in [4.78, 5) is 41.1. The number of aldehydes is 1. The highest BCUT2D eigenvalue weighted by Crippen LogP contribution is 2.39. The van der Waals surface area contributed by atoms with Crippen molar-refractivity contribution in [2.75, 3.05) is 39.4 Å². The van der Waals surface area contributed by atoms with Gasteiger partial charge in [-0.2, -0.15) is 0 Å². The maximum absolute atomic E-state index is 13.6. The summed E-state index contributed by atoms with van der Waals surface area (Å²) in [5.41, 5.74) is -0.643. The molecule has 0 spiro atoms. The maximum Gasteiger partial charge on any atom is 0.371 e. The average Bonchev–Trinajstić information content (AvgIpc) is 3.38. The van der Waals surface area contributed by atoms with Crippen LogP contribution in [-0.2, 0) is 33.3 Å². The predicted molar refractivity (Wildman–Crippen MR) is 143 cm³/mol. The third kappa shape index (κ3) is 8.37. The van der Waals surface area contributed by atoms with Gasteiger partial charge in [-0.05, 0) is 85.5 Å². The molecule has 0 aromatic heterocycles. The number of carbonyl (C=O) groups excluding carboxylic acids is 3. The van der Waals surface area contributed by atoms with Gasteiger partial charge < -0.3 is 23.7 Å². The van der Waals surface area contributed by atoms with Crippen molar-refractivity contribution < 1.29 is 33.3 Å². The fraction of sp³-hybridized carbons (Fsp3) is 0.893. The second kappa shape index (κ2) is 14.4. The Labute approximate surface area is 232 Å². The molecule has 3 heterocycles. The van der Waals surface area contributed by atoms with E-state index in [1.54, 1.807) is 0 Å². The fourth-order valence-corrected chi connectivity index (χ4v) is 5.72. The number of hydrogen-bond donors (Lipinski definition) is 0. The molecular weight excluding hydrogens is 512 g/mol. The topological polar surface area (TPSA) is 94.6 Å². The lowest BCUT2D eigenvalue weighted by Gasteiger charge is -2.53. The molecule has 0 aromatic rings. The van der Waals surface area contributed by atoms with Crippen LogP contribution in [0, 0.1) is 11.8 Å². The number of rotatable bonds is 8. The van der Waals surface area contributed by atoms with Crippen molar-refractivity contribution in [3.63, 3.8) is 0 Å². The van der Waals surface area contributed by atoms with Crippen molar-refractivity contribution in [2.24, 2.45) is 11.8 Å². The molecule has 0 radical (unpaired) electrons. The van der Waals surface area contributed by atoms with E-state index in [9.17, 15) is 14.4 Å². The molecular formula is C28H47ClN2O7. The first-order valence-corrected chi connectivity index (χ1v) is 14.8. The normalized spacial score (nSPS) is 28.8. The predicted octanol–water partition coefficient (Wildman–Crippen LogP) is 4.10. The van der Waals surface area contributed by atoms with Gasteiger partial charge in [-0.1, -0.05) is 11.6 Å². The van der Waals surface area contributed by atoms with Crippen molar-refractivity contribution in [3.05, 3.63) is 0 Å². The minimum Gasteiger partial charge on any atom is -0.466 e. The Kier molecular flexibility index (Phi) is 11.8. The van der Waals surface area contributed by atoms with Crippen LogP contribution >= 0.6 is 11.6 Å². The molecule has 1 saturated carbocycles. The van der Waals surface area contributed by atoms with Gasteiger partial charge in [0, 0.05) is 38.7 Å². The molecule has 0 bridgehead atoms. The number of esters is 2. The Bertz CT molecular complexity index is 766. The largest absolute Gasteiger partial charge is 0.466 e. The standard InChI is InChI=1S/C23H38N2O6.C5H9ClO/c1-5-29-20(27)18-8-10-19(11-9-18)30-23(24-12-6-7-13-24,21(28)31-22(2,3)4)25-14-17(15-25)16-26;6-5-3-1-2-4-7-5/h16-19H,5-15H2,1-4H3;5H,1-4H2. The molecule has 3 saturated heterocycles. The van der Waals surface area contributed by atoms with Gasteiger partial charge in [0.05, 0.1) is 18.6 Å². The highest BCUT2D eigenvalue weighted by molar-refractivity contribution is 6.19. The molecule has 9 nitrogen and oxygen atoms in total. The van der Waals surface area contributed by atoms with Crippen LogP contribution in [0.3, 0.4) is 0 Å². The van der Waals surface area contributed by atoms with Gasteiger partial charge in [-0.3, -0.25) is 14.6 Å². The zero-order valence-corrected chi connectivity index (χ0v) is 24.4. The molecule has 0 amide bonds. The molecule has 4 rings (SSSR count). The lowest BCUT2D eigenvalue weighted by atomic mass is 9.87. The van der Waals surface area contributed by atoms with E-state index in [2.05, 4.69) is 4.90 Å². The Hall–Kier alpha value is -1.26. The summed E-state index contributed by atoms with van der Waals surface area (Å²) in [6.45, 7) is 11.1. The molecule has 3 aliphatic heterocycles. The van der Waals surface area contributed by atoms with Crippen LogP contribution in [0.1, 0.15) is 85.5 Å². The molecule has 4 aliphatic rings. The van der Waals surface area contributed by atoms with Crippen LogP contribution in [0.15, 0.2) is 0 Å². The number of likely N-dealkylation sites (tertiary alicyclic amines) is 2. The van der Waals surface area contributed by atoms with E-state index in [4.69, 9.17) is 30.5 Å². The Balaban J connectivity index is 0.000000494. The maximum atomic E-state index is 13.6. The molecule has 38 heavy (non-hydrogen) atoms. The Morgan fingerprint density at radius 3 is 2.11 bits per heavy atom. The number of nitrogens with zero attached hydrogens (tertiary/aromatic N) is 2. The number of alkyl halides is 1. The van der Waals surface area contributed by atoms with Crippen molar-refractivity contribution >= 4 is 29.8 Å². The second-order valence-corrected chi connectivity index (χ2v) is 12.2. The zero-order valence-electron chi connectivity index (χ0n) is 23.6. The van der Waals surface area contributed by atoms with E-state index >= 15 is 0 Å². The molecule has 4 fully saturated rings. The summed E-state index contributed by atoms with van der Waals surface area (Å²) in [5, 5.41) is 0. The molecule has 0 N–H and O–H groups in total. The first-order valence-electron chi connectivity index (χ1n) is 14.4. The smallest absolute Gasteiger partial charge is 0.371 e. The number of halogens is 1. The van der Waals surface area contributed by atoms with Crippen LogP contribution in [0.2, 0.25) is 0 Å². The number of ether oxygens (including phenoxy) is 4. The third-order valence-electron chi connectivity index (χ3n) is 7.48. The number of carbonyl (C=O) groups is 3. The van der Waals surface area contributed by atoms with Crippen molar-refractivity contribution in [2.45, 2.75) is 109 Å². The summed E-state index contributed by atoms with van der Waals surface area (Å²) in [6.07, 6.45) is 8.97. The SMILES string of the molecule is CCOC(=O)C1CCC(OC(C(=O)OC(C)(C)C)(N2CCCC2)N2CC(C=O)C2)CC1.ClC1CCCCO1. The monoisotopic (exact) mass is 558 g/mol. The summed E-state index contributed by atoms with van der Waals surface area (Å²) in [5.74, 6) is -2.06. The molecule has 0 aromatic carbocycles. The van der Waals surface area contributed by atoms with E-state index in [0.29, 0.717) is 45.4 Å². The van der Waals surface area contributed by atoms with Gasteiger partial charge in [-0.25, -0.2) is 4.79 Å². The minimum atomic E-state index is -1.31. The van der Waals surface area contributed by atoms with Gasteiger partial charge in [0.25, 0.3) is 5.85 Å². The summed E-state index contributed by atoms with van der Waals surface area (Å²) in [6, 6.07) is 0. The van der Waals surface area contributed by atoms with Crippen LogP contribution in [-0.4, -0.2) is 90.5 Å². The van der Waals surface area contributed by atoms with Crippen LogP contribution in [0.5, 0.6) is 0 Å². The highest BCUT2D eigenvalue weighted by atomic mass is 35.5. The summed E-state index contributed by atoms with van der Waals surface area (Å²) >= 11 is 5.59. The first kappa shape index (κ1) is 31.3. The van der Waals surface area contributed by atoms with E-state index in [1.807, 2.05) is 32.6 Å². The highest BCUT2D eigenvalue weighted by Gasteiger charge is 2.58. The molecule has 2 unspecified atom stereocenters. The van der Waals surface area contributed by atoms with E-state index in [0.717, 1.165) is 45.2 Å². The summed E-state index contributed by atoms with van der Waals surface area (Å²) < 4.78 is 22.7. The molecule has 218 valence electrons. The summed E-state index contributed by atoms with van der Waals surface area (Å²) in [7, 11) is 0. The first-order chi connectivity index (χ1) is 18.1. The zero-order chi connectivity index (χ0) is 27.8. The van der Waals surface area contributed by atoms with E-state index in [-0.39, 0.29) is 29.5 Å². The Morgan fingerprint density at radius 2 is 1.63 bits per heavy atom. The van der Waals surface area contributed by atoms with Crippen molar-refractivity contribution in [1.82, 2.24) is 9.80 Å². The lowest BCUT2D eigenvalue weighted by molar-refractivity contribution is -0.292. The van der Waals surface area contributed by atoms with Crippen molar-refractivity contribution in [1.29, 1.82) is 0 Å². The average molecular weight is 559 g/mol. The van der Waals surface area contributed by atoms with Crippen LogP contribution in [0.4, 0.5) is 0 Å². The number of hydrogen-bond acceptors (Lipinski definition) is 9. The second-order valence-electron chi connectivity index (χ2n) is 11.7.